The molecular weight excluding hydrogens is 329 g/mol. The Labute approximate surface area is 134 Å². The number of hydrogen-bond acceptors (Lipinski definition) is 1. The normalized spacial score (nSPS) is 38.5. The summed E-state index contributed by atoms with van der Waals surface area (Å²) >= 11 is 3.28. The molecule has 4 aliphatic rings. The fourth-order valence-corrected chi connectivity index (χ4v) is 6.08. The highest BCUT2D eigenvalue weighted by atomic mass is 79.9. The van der Waals surface area contributed by atoms with Crippen LogP contribution < -0.4 is 5.32 Å². The molecule has 3 heteroatoms. The van der Waals surface area contributed by atoms with Gasteiger partial charge in [0.15, 0.2) is 0 Å². The van der Waals surface area contributed by atoms with E-state index < -0.39 is 0 Å². The van der Waals surface area contributed by atoms with Crippen LogP contribution in [0.25, 0.3) is 0 Å². The molecule has 0 radical (unpaired) electrons. The number of benzene rings is 1. The molecule has 4 saturated carbocycles. The standard InChI is InChI=1S/C18H23BrFN/c1-11(21-15-2-3-17(20)16(19)7-15)18-8-12-4-13(9-18)6-14(5-12)10-18/h2-3,7,11-14,21H,4-6,8-10H2,1H3. The summed E-state index contributed by atoms with van der Waals surface area (Å²) in [4.78, 5) is 0. The van der Waals surface area contributed by atoms with Crippen LogP contribution in [0, 0.1) is 29.0 Å². The Morgan fingerprint density at radius 2 is 1.71 bits per heavy atom. The molecule has 21 heavy (non-hydrogen) atoms. The second-order valence-corrected chi connectivity index (χ2v) is 8.63. The highest BCUT2D eigenvalue weighted by Gasteiger charge is 2.53. The Bertz CT molecular complexity index is 521. The van der Waals surface area contributed by atoms with Crippen molar-refractivity contribution in [3.05, 3.63) is 28.5 Å². The van der Waals surface area contributed by atoms with Crippen molar-refractivity contribution in [1.82, 2.24) is 0 Å². The zero-order valence-corrected chi connectivity index (χ0v) is 14.1. The average Bonchev–Trinajstić information content (AvgIpc) is 2.41. The Hall–Kier alpha value is -0.570. The van der Waals surface area contributed by atoms with Gasteiger partial charge in [-0.05, 0) is 103 Å². The molecule has 4 fully saturated rings. The first-order chi connectivity index (χ1) is 10.0. The van der Waals surface area contributed by atoms with E-state index in [0.29, 0.717) is 15.9 Å². The van der Waals surface area contributed by atoms with Crippen molar-refractivity contribution >= 4 is 21.6 Å². The van der Waals surface area contributed by atoms with Crippen molar-refractivity contribution in [2.24, 2.45) is 23.2 Å². The second kappa shape index (κ2) is 4.97. The zero-order chi connectivity index (χ0) is 14.6. The molecule has 1 aromatic rings. The summed E-state index contributed by atoms with van der Waals surface area (Å²) in [7, 11) is 0. The smallest absolute Gasteiger partial charge is 0.137 e. The molecule has 1 N–H and O–H groups in total. The molecule has 0 spiro atoms. The molecule has 0 aromatic heterocycles. The Morgan fingerprint density at radius 1 is 1.14 bits per heavy atom. The van der Waals surface area contributed by atoms with Gasteiger partial charge in [0.1, 0.15) is 5.82 Å². The quantitative estimate of drug-likeness (QED) is 0.746. The fraction of sp³-hybridized carbons (Fsp3) is 0.667. The van der Waals surface area contributed by atoms with Gasteiger partial charge < -0.3 is 5.32 Å². The maximum atomic E-state index is 13.4. The van der Waals surface area contributed by atoms with Gasteiger partial charge in [-0.1, -0.05) is 0 Å². The van der Waals surface area contributed by atoms with Crippen LogP contribution in [0.2, 0.25) is 0 Å². The van der Waals surface area contributed by atoms with Gasteiger partial charge in [0.2, 0.25) is 0 Å². The average molecular weight is 352 g/mol. The topological polar surface area (TPSA) is 12.0 Å². The third-order valence-corrected chi connectivity index (χ3v) is 6.91. The van der Waals surface area contributed by atoms with Crippen LogP contribution in [0.5, 0.6) is 0 Å². The van der Waals surface area contributed by atoms with Gasteiger partial charge in [-0.25, -0.2) is 4.39 Å². The SMILES string of the molecule is CC(Nc1ccc(F)c(Br)c1)C12CC3CC(CC(C3)C1)C2. The van der Waals surface area contributed by atoms with Crippen LogP contribution in [0.15, 0.2) is 22.7 Å². The summed E-state index contributed by atoms with van der Waals surface area (Å²) in [5.41, 5.74) is 1.52. The number of anilines is 1. The minimum absolute atomic E-state index is 0.192. The summed E-state index contributed by atoms with van der Waals surface area (Å²) in [6, 6.07) is 5.74. The number of halogens is 2. The molecule has 4 aliphatic carbocycles. The first-order valence-corrected chi connectivity index (χ1v) is 9.05. The van der Waals surface area contributed by atoms with Crippen LogP contribution in [-0.4, -0.2) is 6.04 Å². The molecule has 5 rings (SSSR count). The largest absolute Gasteiger partial charge is 0.382 e. The van der Waals surface area contributed by atoms with Crippen molar-refractivity contribution < 1.29 is 4.39 Å². The fourth-order valence-electron chi connectivity index (χ4n) is 5.70. The lowest BCUT2D eigenvalue weighted by atomic mass is 9.48. The van der Waals surface area contributed by atoms with Gasteiger partial charge in [-0.15, -0.1) is 0 Å². The van der Waals surface area contributed by atoms with Gasteiger partial charge in [-0.3, -0.25) is 0 Å². The van der Waals surface area contributed by atoms with Gasteiger partial charge in [0.05, 0.1) is 4.47 Å². The summed E-state index contributed by atoms with van der Waals surface area (Å²) < 4.78 is 13.9. The summed E-state index contributed by atoms with van der Waals surface area (Å²) in [6.45, 7) is 2.34. The van der Waals surface area contributed by atoms with E-state index in [2.05, 4.69) is 28.2 Å². The minimum atomic E-state index is -0.192. The minimum Gasteiger partial charge on any atom is -0.382 e. The van der Waals surface area contributed by atoms with Crippen molar-refractivity contribution in [1.29, 1.82) is 0 Å². The van der Waals surface area contributed by atoms with E-state index in [1.807, 2.05) is 12.1 Å². The summed E-state index contributed by atoms with van der Waals surface area (Å²) in [6.07, 6.45) is 8.64. The van der Waals surface area contributed by atoms with E-state index in [9.17, 15) is 4.39 Å². The zero-order valence-electron chi connectivity index (χ0n) is 12.5. The summed E-state index contributed by atoms with van der Waals surface area (Å²) in [5.74, 6) is 2.73. The Kier molecular flexibility index (Phi) is 3.33. The van der Waals surface area contributed by atoms with E-state index in [1.165, 1.54) is 38.5 Å². The molecule has 1 atom stereocenters. The molecule has 4 bridgehead atoms. The van der Waals surface area contributed by atoms with Gasteiger partial charge >= 0.3 is 0 Å². The third kappa shape index (κ3) is 2.42. The molecule has 114 valence electrons. The number of nitrogens with one attached hydrogen (secondary N) is 1. The predicted octanol–water partition coefficient (Wildman–Crippen LogP) is 5.61. The Balaban J connectivity index is 1.54. The molecule has 0 heterocycles. The van der Waals surface area contributed by atoms with Crippen LogP contribution in [0.4, 0.5) is 10.1 Å². The molecule has 1 unspecified atom stereocenters. The third-order valence-electron chi connectivity index (χ3n) is 6.31. The van der Waals surface area contributed by atoms with E-state index in [4.69, 9.17) is 0 Å². The second-order valence-electron chi connectivity index (χ2n) is 7.77. The first kappa shape index (κ1) is 14.0. The van der Waals surface area contributed by atoms with Crippen molar-refractivity contribution in [3.8, 4) is 0 Å². The molecule has 1 nitrogen and oxygen atoms in total. The van der Waals surface area contributed by atoms with E-state index in [1.54, 1.807) is 6.07 Å². The van der Waals surface area contributed by atoms with Crippen molar-refractivity contribution in [2.45, 2.75) is 51.5 Å². The van der Waals surface area contributed by atoms with Crippen LogP contribution in [0.3, 0.4) is 0 Å². The van der Waals surface area contributed by atoms with Crippen molar-refractivity contribution in [2.75, 3.05) is 5.32 Å². The van der Waals surface area contributed by atoms with Crippen LogP contribution >= 0.6 is 15.9 Å². The van der Waals surface area contributed by atoms with Gasteiger partial charge in [0, 0.05) is 11.7 Å². The highest BCUT2D eigenvalue weighted by molar-refractivity contribution is 9.10. The lowest BCUT2D eigenvalue weighted by Gasteiger charge is -2.59. The molecule has 0 saturated heterocycles. The molecule has 0 amide bonds. The van der Waals surface area contributed by atoms with Crippen molar-refractivity contribution in [3.63, 3.8) is 0 Å². The molecule has 0 aliphatic heterocycles. The maximum Gasteiger partial charge on any atom is 0.137 e. The monoisotopic (exact) mass is 351 g/mol. The maximum absolute atomic E-state index is 13.4. The molecular formula is C18H23BrFN. The number of rotatable bonds is 3. The predicted molar refractivity (Wildman–Crippen MR) is 87.8 cm³/mol. The van der Waals surface area contributed by atoms with Crippen LogP contribution in [-0.2, 0) is 0 Å². The van der Waals surface area contributed by atoms with Gasteiger partial charge in [-0.2, -0.15) is 0 Å². The molecule has 1 aromatic carbocycles. The Morgan fingerprint density at radius 3 is 2.24 bits per heavy atom. The lowest BCUT2D eigenvalue weighted by Crippen LogP contribution is -2.52. The van der Waals surface area contributed by atoms with Crippen LogP contribution in [0.1, 0.15) is 45.4 Å². The lowest BCUT2D eigenvalue weighted by molar-refractivity contribution is -0.0602. The van der Waals surface area contributed by atoms with E-state index in [-0.39, 0.29) is 5.82 Å². The van der Waals surface area contributed by atoms with E-state index in [0.717, 1.165) is 23.4 Å². The van der Waals surface area contributed by atoms with Gasteiger partial charge in [0.25, 0.3) is 0 Å². The first-order valence-electron chi connectivity index (χ1n) is 8.26. The number of hydrogen-bond donors (Lipinski definition) is 1. The van der Waals surface area contributed by atoms with E-state index >= 15 is 0 Å². The highest BCUT2D eigenvalue weighted by Crippen LogP contribution is 2.61. The summed E-state index contributed by atoms with van der Waals surface area (Å²) in [5, 5.41) is 3.67.